The van der Waals surface area contributed by atoms with Gasteiger partial charge in [0.2, 0.25) is 5.62 Å². The predicted octanol–water partition coefficient (Wildman–Crippen LogP) is 3.58. The topological polar surface area (TPSA) is 121 Å². The lowest BCUT2D eigenvalue weighted by molar-refractivity contribution is 0.0600. The van der Waals surface area contributed by atoms with Crippen LogP contribution in [0.25, 0.3) is 0 Å². The molecular weight excluding hydrogens is 498 g/mol. The van der Waals surface area contributed by atoms with Gasteiger partial charge in [-0.1, -0.05) is 23.7 Å². The van der Waals surface area contributed by atoms with E-state index < -0.39 is 17.3 Å². The number of rotatable bonds is 7. The van der Waals surface area contributed by atoms with Crippen LogP contribution >= 0.6 is 11.6 Å². The molecule has 11 heteroatoms. The standard InChI is InChI=1S/C26H22ClN5O5/c1-36-23(33)17-12-22(14-28-13-17)37-21-10-6-19(7-11-21)29-24-30-25(34)32(20-8-9-20)26(35)31(24)15-16-2-4-18(27)5-3-16/h2-7,10-14,20H,8-9,15H2,1H3,(H,29,30,34). The molecule has 1 N–H and O–H groups in total. The molecule has 0 saturated heterocycles. The molecule has 4 aromatic rings. The van der Waals surface area contributed by atoms with Crippen molar-refractivity contribution in [3.8, 4) is 11.5 Å². The Hall–Kier alpha value is -4.44. The molecule has 1 saturated carbocycles. The second-order valence-electron chi connectivity index (χ2n) is 8.46. The Morgan fingerprint density at radius 2 is 1.81 bits per heavy atom. The number of aromatic nitrogens is 4. The lowest BCUT2D eigenvalue weighted by atomic mass is 10.2. The summed E-state index contributed by atoms with van der Waals surface area (Å²) < 4.78 is 13.2. The molecule has 188 valence electrons. The van der Waals surface area contributed by atoms with Gasteiger partial charge in [-0.15, -0.1) is 0 Å². The number of esters is 1. The second-order valence-corrected chi connectivity index (χ2v) is 8.90. The van der Waals surface area contributed by atoms with Gasteiger partial charge in [-0.2, -0.15) is 0 Å². The van der Waals surface area contributed by atoms with Crippen molar-refractivity contribution in [3.63, 3.8) is 0 Å². The van der Waals surface area contributed by atoms with Crippen LogP contribution in [-0.2, 0) is 11.3 Å². The average Bonchev–Trinajstić information content (AvgIpc) is 3.73. The lowest BCUT2D eigenvalue weighted by Gasteiger charge is -2.11. The van der Waals surface area contributed by atoms with Crippen molar-refractivity contribution in [1.82, 2.24) is 19.1 Å². The van der Waals surface area contributed by atoms with Gasteiger partial charge >= 0.3 is 17.3 Å². The predicted molar refractivity (Wildman–Crippen MR) is 135 cm³/mol. The van der Waals surface area contributed by atoms with E-state index in [-0.39, 0.29) is 23.8 Å². The summed E-state index contributed by atoms with van der Waals surface area (Å²) in [6.07, 6.45) is 4.45. The molecule has 37 heavy (non-hydrogen) atoms. The fraction of sp³-hybridized carbons (Fsp3) is 0.192. The number of nitrogens with one attached hydrogen (secondary N) is 1. The maximum absolute atomic E-state index is 13.3. The van der Waals surface area contributed by atoms with E-state index in [1.165, 1.54) is 34.7 Å². The molecule has 1 aliphatic rings. The largest absolute Gasteiger partial charge is 0.465 e. The van der Waals surface area contributed by atoms with Crippen LogP contribution in [0.3, 0.4) is 0 Å². The van der Waals surface area contributed by atoms with Crippen LogP contribution in [0.4, 0.5) is 5.69 Å². The minimum absolute atomic E-state index is 0.0922. The smallest absolute Gasteiger partial charge is 0.339 e. The third-order valence-electron chi connectivity index (χ3n) is 5.74. The molecular formula is C26H22ClN5O5. The first-order valence-electron chi connectivity index (χ1n) is 11.5. The van der Waals surface area contributed by atoms with E-state index in [0.29, 0.717) is 22.2 Å². The summed E-state index contributed by atoms with van der Waals surface area (Å²) in [4.78, 5) is 49.0. The highest BCUT2D eigenvalue weighted by molar-refractivity contribution is 6.30. The van der Waals surface area contributed by atoms with Crippen molar-refractivity contribution < 1.29 is 14.3 Å². The van der Waals surface area contributed by atoms with Gasteiger partial charge in [-0.05, 0) is 60.9 Å². The first-order chi connectivity index (χ1) is 17.9. The van der Waals surface area contributed by atoms with E-state index in [9.17, 15) is 14.4 Å². The quantitative estimate of drug-likeness (QED) is 0.373. The van der Waals surface area contributed by atoms with E-state index in [4.69, 9.17) is 21.1 Å². The molecule has 0 bridgehead atoms. The van der Waals surface area contributed by atoms with Crippen LogP contribution in [0.1, 0.15) is 34.8 Å². The third-order valence-corrected chi connectivity index (χ3v) is 5.99. The molecule has 1 fully saturated rings. The van der Waals surface area contributed by atoms with Crippen LogP contribution in [-0.4, -0.2) is 32.2 Å². The molecule has 10 nitrogen and oxygen atoms in total. The summed E-state index contributed by atoms with van der Waals surface area (Å²) in [5, 5.41) is 0.589. The zero-order chi connectivity index (χ0) is 25.9. The lowest BCUT2D eigenvalue weighted by Crippen LogP contribution is -2.49. The van der Waals surface area contributed by atoms with Gasteiger partial charge < -0.3 is 9.47 Å². The fourth-order valence-corrected chi connectivity index (χ4v) is 3.87. The fourth-order valence-electron chi connectivity index (χ4n) is 3.74. The van der Waals surface area contributed by atoms with E-state index in [2.05, 4.69) is 15.0 Å². The molecule has 2 heterocycles. The van der Waals surface area contributed by atoms with Gasteiger partial charge in [0, 0.05) is 17.3 Å². The highest BCUT2D eigenvalue weighted by atomic mass is 35.5. The number of benzene rings is 2. The Morgan fingerprint density at radius 1 is 1.08 bits per heavy atom. The Kier molecular flexibility index (Phi) is 6.74. The monoisotopic (exact) mass is 519 g/mol. The molecule has 1 aliphatic carbocycles. The minimum Gasteiger partial charge on any atom is -0.465 e. The maximum atomic E-state index is 13.3. The number of hydrogen-bond donors (Lipinski definition) is 1. The first-order valence-corrected chi connectivity index (χ1v) is 11.8. The summed E-state index contributed by atoms with van der Waals surface area (Å²) in [6, 6.07) is 15.3. The summed E-state index contributed by atoms with van der Waals surface area (Å²) in [5.74, 6) is 0.326. The Balaban J connectivity index is 1.47. The van der Waals surface area contributed by atoms with Crippen LogP contribution in [0, 0.1) is 0 Å². The number of methoxy groups -OCH3 is 1. The summed E-state index contributed by atoms with van der Waals surface area (Å²) in [7, 11) is 1.29. The Bertz CT molecular complexity index is 1630. The molecule has 0 radical (unpaired) electrons. The van der Waals surface area contributed by atoms with Crippen molar-refractivity contribution >= 4 is 23.3 Å². The number of pyridine rings is 1. The third kappa shape index (κ3) is 5.54. The number of carbonyl (C=O) groups excluding carboxylic acids is 1. The molecule has 5 rings (SSSR count). The van der Waals surface area contributed by atoms with Crippen molar-refractivity contribution in [1.29, 1.82) is 0 Å². The zero-order valence-electron chi connectivity index (χ0n) is 19.8. The SMILES string of the molecule is COC(=O)c1cncc(Oc2ccc(/N=c3\[nH]c(=O)n(C4CC4)c(=O)n3Cc3ccc(Cl)cc3)cc2)c1. The van der Waals surface area contributed by atoms with E-state index in [1.54, 1.807) is 36.4 Å². The molecule has 0 spiro atoms. The van der Waals surface area contributed by atoms with Gasteiger partial charge in [0.1, 0.15) is 11.5 Å². The van der Waals surface area contributed by atoms with Crippen molar-refractivity contribution in [2.75, 3.05) is 7.11 Å². The second kappa shape index (κ2) is 10.3. The highest BCUT2D eigenvalue weighted by Gasteiger charge is 2.28. The molecule has 2 aromatic carbocycles. The van der Waals surface area contributed by atoms with Gasteiger partial charge in [-0.3, -0.25) is 14.5 Å². The number of hydrogen-bond acceptors (Lipinski definition) is 7. The summed E-state index contributed by atoms with van der Waals surface area (Å²) in [6.45, 7) is 0.211. The normalized spacial score (nSPS) is 13.4. The van der Waals surface area contributed by atoms with Crippen LogP contribution in [0.5, 0.6) is 11.5 Å². The number of halogens is 1. The Labute approximate surface area is 215 Å². The number of carbonyl (C=O) groups is 1. The summed E-state index contributed by atoms with van der Waals surface area (Å²) >= 11 is 6.00. The molecule has 2 aromatic heterocycles. The first kappa shape index (κ1) is 24.3. The number of H-pyrrole nitrogens is 1. The maximum Gasteiger partial charge on any atom is 0.339 e. The molecule has 0 amide bonds. The van der Waals surface area contributed by atoms with Crippen LogP contribution < -0.4 is 21.7 Å². The van der Waals surface area contributed by atoms with Crippen LogP contribution in [0.2, 0.25) is 5.02 Å². The van der Waals surface area contributed by atoms with Gasteiger partial charge in [0.15, 0.2) is 0 Å². The van der Waals surface area contributed by atoms with Crippen molar-refractivity contribution in [2.45, 2.75) is 25.4 Å². The number of ether oxygens (including phenoxy) is 2. The van der Waals surface area contributed by atoms with Crippen molar-refractivity contribution in [2.24, 2.45) is 4.99 Å². The Morgan fingerprint density at radius 3 is 2.49 bits per heavy atom. The van der Waals surface area contributed by atoms with E-state index in [0.717, 1.165) is 18.4 Å². The van der Waals surface area contributed by atoms with Gasteiger partial charge in [0.25, 0.3) is 0 Å². The van der Waals surface area contributed by atoms with E-state index >= 15 is 0 Å². The van der Waals surface area contributed by atoms with E-state index in [1.807, 2.05) is 12.1 Å². The molecule has 0 aliphatic heterocycles. The molecule has 0 unspecified atom stereocenters. The van der Waals surface area contributed by atoms with Crippen molar-refractivity contribution in [3.05, 3.63) is 110 Å². The van der Waals surface area contributed by atoms with Crippen LogP contribution in [0.15, 0.2) is 81.6 Å². The number of aromatic amines is 1. The number of nitrogens with zero attached hydrogens (tertiary/aromatic N) is 4. The average molecular weight is 520 g/mol. The summed E-state index contributed by atoms with van der Waals surface area (Å²) in [5.41, 5.74) is 0.823. The van der Waals surface area contributed by atoms with Gasteiger partial charge in [0.05, 0.1) is 31.1 Å². The minimum atomic E-state index is -0.517. The molecule has 0 atom stereocenters. The highest BCUT2D eigenvalue weighted by Crippen LogP contribution is 2.31. The van der Waals surface area contributed by atoms with Gasteiger partial charge in [-0.25, -0.2) is 23.9 Å². The zero-order valence-corrected chi connectivity index (χ0v) is 20.5.